The fraction of sp³-hybridized carbons (Fsp3) is 0.174. The van der Waals surface area contributed by atoms with Gasteiger partial charge in [0.1, 0.15) is 10.7 Å². The van der Waals surface area contributed by atoms with Crippen molar-refractivity contribution in [3.05, 3.63) is 85.2 Å². The van der Waals surface area contributed by atoms with E-state index in [4.69, 9.17) is 21.8 Å². The van der Waals surface area contributed by atoms with E-state index in [2.05, 4.69) is 6.07 Å². The molecular formula is C23H18ClN3OS. The smallest absolute Gasteiger partial charge is 0.263 e. The minimum absolute atomic E-state index is 0.0678. The molecule has 0 radical (unpaired) electrons. The first kappa shape index (κ1) is 19.4. The second-order valence-electron chi connectivity index (χ2n) is 7.04. The molecule has 0 N–H and O–H groups in total. The van der Waals surface area contributed by atoms with Crippen LogP contribution >= 0.6 is 22.9 Å². The summed E-state index contributed by atoms with van der Waals surface area (Å²) in [6, 6.07) is 15.3. The Kier molecular flexibility index (Phi) is 4.99. The summed E-state index contributed by atoms with van der Waals surface area (Å²) in [5.74, 6) is 0.657. The Hall–Kier alpha value is -2.94. The lowest BCUT2D eigenvalue weighted by Gasteiger charge is -2.11. The molecule has 0 aliphatic rings. The first-order chi connectivity index (χ1) is 13.9. The molecule has 0 unspecified atom stereocenters. The van der Waals surface area contributed by atoms with Gasteiger partial charge < -0.3 is 0 Å². The summed E-state index contributed by atoms with van der Waals surface area (Å²) in [5, 5.41) is 10.5. The first-order valence-corrected chi connectivity index (χ1v) is 10.3. The van der Waals surface area contributed by atoms with Crippen molar-refractivity contribution in [1.82, 2.24) is 9.55 Å². The standard InChI is InChI=1S/C23H18ClN3OS/c1-13-9-18(7-8-19(13)24)20-14(2)29-22-21(20)23(28)27(15(3)26-22)12-17-6-4-5-16(10-17)11-25/h4-10H,12H2,1-3H3. The molecule has 0 aliphatic carbocycles. The van der Waals surface area contributed by atoms with E-state index in [-0.39, 0.29) is 5.56 Å². The number of nitriles is 1. The zero-order chi connectivity index (χ0) is 20.7. The number of hydrogen-bond acceptors (Lipinski definition) is 4. The minimum atomic E-state index is -0.0678. The molecule has 2 aromatic carbocycles. The Bertz CT molecular complexity index is 1360. The Morgan fingerprint density at radius 3 is 2.69 bits per heavy atom. The highest BCUT2D eigenvalue weighted by molar-refractivity contribution is 7.19. The number of rotatable bonds is 3. The third kappa shape index (κ3) is 3.46. The summed E-state index contributed by atoms with van der Waals surface area (Å²) in [4.78, 5) is 20.0. The predicted octanol–water partition coefficient (Wildman–Crippen LogP) is 5.62. The van der Waals surface area contributed by atoms with Crippen molar-refractivity contribution in [3.8, 4) is 17.2 Å². The number of aromatic nitrogens is 2. The number of nitrogens with zero attached hydrogens (tertiary/aromatic N) is 3. The van der Waals surface area contributed by atoms with Gasteiger partial charge in [0.05, 0.1) is 23.6 Å². The van der Waals surface area contributed by atoms with E-state index in [0.717, 1.165) is 32.0 Å². The van der Waals surface area contributed by atoms with Crippen molar-refractivity contribution in [2.75, 3.05) is 0 Å². The van der Waals surface area contributed by atoms with Gasteiger partial charge in [-0.25, -0.2) is 4.98 Å². The lowest BCUT2D eigenvalue weighted by Crippen LogP contribution is -2.24. The topological polar surface area (TPSA) is 58.7 Å². The van der Waals surface area contributed by atoms with E-state index in [9.17, 15) is 4.79 Å². The molecule has 2 heterocycles. The molecule has 0 spiro atoms. The molecule has 2 aromatic heterocycles. The lowest BCUT2D eigenvalue weighted by molar-refractivity contribution is 0.714. The molecule has 144 valence electrons. The monoisotopic (exact) mass is 419 g/mol. The third-order valence-electron chi connectivity index (χ3n) is 5.02. The van der Waals surface area contributed by atoms with E-state index in [1.807, 2.05) is 51.1 Å². The summed E-state index contributed by atoms with van der Waals surface area (Å²) >= 11 is 7.73. The number of benzene rings is 2. The van der Waals surface area contributed by atoms with Crippen LogP contribution in [0.4, 0.5) is 0 Å². The Morgan fingerprint density at radius 2 is 1.97 bits per heavy atom. The molecule has 0 saturated heterocycles. The molecule has 0 atom stereocenters. The van der Waals surface area contributed by atoms with Crippen LogP contribution in [0.5, 0.6) is 0 Å². The highest BCUT2D eigenvalue weighted by atomic mass is 35.5. The van der Waals surface area contributed by atoms with E-state index in [1.165, 1.54) is 11.3 Å². The Morgan fingerprint density at radius 1 is 1.17 bits per heavy atom. The number of fused-ring (bicyclic) bond motifs is 1. The van der Waals surface area contributed by atoms with Crippen LogP contribution in [0, 0.1) is 32.1 Å². The first-order valence-electron chi connectivity index (χ1n) is 9.15. The van der Waals surface area contributed by atoms with Gasteiger partial charge in [-0.1, -0.05) is 29.8 Å². The molecule has 0 fully saturated rings. The highest BCUT2D eigenvalue weighted by Crippen LogP contribution is 2.37. The van der Waals surface area contributed by atoms with Crippen molar-refractivity contribution >= 4 is 33.2 Å². The molecule has 0 amide bonds. The van der Waals surface area contributed by atoms with Crippen LogP contribution in [0.2, 0.25) is 5.02 Å². The fourth-order valence-electron chi connectivity index (χ4n) is 3.55. The maximum Gasteiger partial charge on any atom is 0.263 e. The van der Waals surface area contributed by atoms with Gasteiger partial charge in [0, 0.05) is 15.5 Å². The van der Waals surface area contributed by atoms with Crippen LogP contribution in [0.3, 0.4) is 0 Å². The number of hydrogen-bond donors (Lipinski definition) is 0. The zero-order valence-electron chi connectivity index (χ0n) is 16.3. The maximum absolute atomic E-state index is 13.5. The van der Waals surface area contributed by atoms with Crippen molar-refractivity contribution in [2.24, 2.45) is 0 Å². The summed E-state index contributed by atoms with van der Waals surface area (Å²) in [6.45, 7) is 6.19. The van der Waals surface area contributed by atoms with E-state index < -0.39 is 0 Å². The molecule has 4 aromatic rings. The zero-order valence-corrected chi connectivity index (χ0v) is 17.9. The predicted molar refractivity (Wildman–Crippen MR) is 119 cm³/mol. The van der Waals surface area contributed by atoms with Crippen LogP contribution in [-0.4, -0.2) is 9.55 Å². The fourth-order valence-corrected chi connectivity index (χ4v) is 4.75. The van der Waals surface area contributed by atoms with Crippen LogP contribution < -0.4 is 5.56 Å². The summed E-state index contributed by atoms with van der Waals surface area (Å²) < 4.78 is 1.68. The number of thiophene rings is 1. The van der Waals surface area contributed by atoms with E-state index in [1.54, 1.807) is 16.7 Å². The molecule has 4 rings (SSSR count). The van der Waals surface area contributed by atoms with E-state index in [0.29, 0.717) is 28.3 Å². The minimum Gasteiger partial charge on any atom is -0.292 e. The molecule has 4 nitrogen and oxygen atoms in total. The summed E-state index contributed by atoms with van der Waals surface area (Å²) in [7, 11) is 0. The largest absolute Gasteiger partial charge is 0.292 e. The highest BCUT2D eigenvalue weighted by Gasteiger charge is 2.19. The van der Waals surface area contributed by atoms with E-state index >= 15 is 0 Å². The maximum atomic E-state index is 13.5. The van der Waals surface area contributed by atoms with Gasteiger partial charge in [-0.3, -0.25) is 9.36 Å². The van der Waals surface area contributed by atoms with Gasteiger partial charge in [-0.05, 0) is 61.7 Å². The number of halogens is 1. The summed E-state index contributed by atoms with van der Waals surface area (Å²) in [6.07, 6.45) is 0. The molecular weight excluding hydrogens is 402 g/mol. The van der Waals surface area contributed by atoms with Crippen LogP contribution in [-0.2, 0) is 6.54 Å². The van der Waals surface area contributed by atoms with Crippen LogP contribution in [0.15, 0.2) is 47.3 Å². The van der Waals surface area contributed by atoms with Crippen LogP contribution in [0.1, 0.15) is 27.4 Å². The average molecular weight is 420 g/mol. The SMILES string of the molecule is Cc1cc(-c2c(C)sc3nc(C)n(Cc4cccc(C#N)c4)c(=O)c23)ccc1Cl. The molecule has 0 bridgehead atoms. The molecule has 6 heteroatoms. The Balaban J connectivity index is 1.93. The van der Waals surface area contributed by atoms with Gasteiger partial charge in [0.2, 0.25) is 0 Å². The van der Waals surface area contributed by atoms with Crippen molar-refractivity contribution < 1.29 is 0 Å². The van der Waals surface area contributed by atoms with Gasteiger partial charge in [0.15, 0.2) is 0 Å². The van der Waals surface area contributed by atoms with Crippen molar-refractivity contribution in [3.63, 3.8) is 0 Å². The number of aryl methyl sites for hydroxylation is 3. The Labute approximate surface area is 177 Å². The summed E-state index contributed by atoms with van der Waals surface area (Å²) in [5.41, 5.74) is 4.26. The third-order valence-corrected chi connectivity index (χ3v) is 6.45. The van der Waals surface area contributed by atoms with Gasteiger partial charge >= 0.3 is 0 Å². The molecule has 29 heavy (non-hydrogen) atoms. The molecule has 0 saturated carbocycles. The second kappa shape index (κ2) is 7.47. The van der Waals surface area contributed by atoms with Gasteiger partial charge in [-0.2, -0.15) is 5.26 Å². The van der Waals surface area contributed by atoms with Gasteiger partial charge in [-0.15, -0.1) is 11.3 Å². The van der Waals surface area contributed by atoms with Crippen molar-refractivity contribution in [2.45, 2.75) is 27.3 Å². The van der Waals surface area contributed by atoms with Crippen molar-refractivity contribution in [1.29, 1.82) is 5.26 Å². The second-order valence-corrected chi connectivity index (χ2v) is 8.65. The quantitative estimate of drug-likeness (QED) is 0.432. The van der Waals surface area contributed by atoms with Crippen LogP contribution in [0.25, 0.3) is 21.3 Å². The normalized spacial score (nSPS) is 11.0. The lowest BCUT2D eigenvalue weighted by atomic mass is 10.0. The van der Waals surface area contributed by atoms with Gasteiger partial charge in [0.25, 0.3) is 5.56 Å². The average Bonchev–Trinajstić information content (AvgIpc) is 3.03. The molecule has 0 aliphatic heterocycles.